The van der Waals surface area contributed by atoms with E-state index in [1.165, 1.54) is 6.08 Å². The molecule has 5 rings (SSSR count). The topological polar surface area (TPSA) is 108 Å². The van der Waals surface area contributed by atoms with Gasteiger partial charge in [-0.15, -0.1) is 0 Å². The number of anilines is 2. The second kappa shape index (κ2) is 11.9. The van der Waals surface area contributed by atoms with E-state index in [0.717, 1.165) is 47.8 Å². The number of carbonyl (C=O) groups is 1. The van der Waals surface area contributed by atoms with E-state index in [2.05, 4.69) is 37.7 Å². The minimum atomic E-state index is -0.181. The smallest absolute Gasteiger partial charge is 0.248 e. The third-order valence-electron chi connectivity index (χ3n) is 6.51. The number of likely N-dealkylation sites (N-methyl/N-ethyl adjacent to an activating group) is 1. The fraction of sp³-hybridized carbons (Fsp3) is 0.310. The van der Waals surface area contributed by atoms with Gasteiger partial charge in [-0.3, -0.25) is 4.79 Å². The maximum absolute atomic E-state index is 12.0. The molecule has 0 spiro atoms. The van der Waals surface area contributed by atoms with Crippen LogP contribution in [0.3, 0.4) is 0 Å². The molecule has 4 aromatic rings. The van der Waals surface area contributed by atoms with Crippen molar-refractivity contribution < 1.29 is 9.53 Å². The van der Waals surface area contributed by atoms with Crippen molar-refractivity contribution in [2.45, 2.75) is 37.8 Å². The fourth-order valence-corrected chi connectivity index (χ4v) is 4.68. The number of amides is 1. The number of nitrogens with zero attached hydrogens (tertiary/aromatic N) is 4. The van der Waals surface area contributed by atoms with Crippen molar-refractivity contribution in [1.82, 2.24) is 24.8 Å². The molecule has 196 valence electrons. The van der Waals surface area contributed by atoms with Crippen molar-refractivity contribution in [2.24, 2.45) is 0 Å². The Morgan fingerprint density at radius 3 is 2.89 bits per heavy atom. The number of rotatable bonds is 9. The molecule has 0 radical (unpaired) electrons. The fourth-order valence-electron chi connectivity index (χ4n) is 4.68. The quantitative estimate of drug-likeness (QED) is 0.275. The van der Waals surface area contributed by atoms with Crippen LogP contribution in [-0.4, -0.2) is 63.5 Å². The number of fused-ring (bicyclic) bond motifs is 1. The first-order valence-electron chi connectivity index (χ1n) is 12.9. The van der Waals surface area contributed by atoms with Gasteiger partial charge in [0.2, 0.25) is 17.7 Å². The molecule has 1 aliphatic rings. The van der Waals surface area contributed by atoms with Gasteiger partial charge in [-0.25, -0.2) is 15.0 Å². The van der Waals surface area contributed by atoms with Gasteiger partial charge in [0.15, 0.2) is 0 Å². The predicted molar refractivity (Wildman–Crippen MR) is 150 cm³/mol. The number of benzene rings is 1. The van der Waals surface area contributed by atoms with Crippen molar-refractivity contribution >= 4 is 28.4 Å². The van der Waals surface area contributed by atoms with Gasteiger partial charge in [0.25, 0.3) is 0 Å². The normalized spacial score (nSPS) is 17.7. The van der Waals surface area contributed by atoms with E-state index in [4.69, 9.17) is 9.72 Å². The molecule has 9 heteroatoms. The van der Waals surface area contributed by atoms with Gasteiger partial charge < -0.3 is 25.3 Å². The molecule has 1 aliphatic carbocycles. The number of carbonyl (C=O) groups excluding carboxylic acids is 1. The molecule has 2 atom stereocenters. The van der Waals surface area contributed by atoms with Gasteiger partial charge in [0.05, 0.1) is 17.6 Å². The summed E-state index contributed by atoms with van der Waals surface area (Å²) in [6.07, 6.45) is 12.7. The number of aromatic amines is 1. The average Bonchev–Trinajstić information content (AvgIpc) is 3.34. The Morgan fingerprint density at radius 2 is 2.05 bits per heavy atom. The summed E-state index contributed by atoms with van der Waals surface area (Å²) >= 11 is 0. The number of hydrogen-bond donors (Lipinski definition) is 3. The lowest BCUT2D eigenvalue weighted by atomic mass is 9.93. The molecular weight excluding hydrogens is 478 g/mol. The zero-order valence-corrected chi connectivity index (χ0v) is 21.7. The summed E-state index contributed by atoms with van der Waals surface area (Å²) in [4.78, 5) is 31.0. The molecule has 3 aromatic heterocycles. The molecule has 0 bridgehead atoms. The second-order valence-electron chi connectivity index (χ2n) is 9.80. The molecule has 1 saturated carbocycles. The minimum absolute atomic E-state index is 0.0416. The number of para-hydroxylation sites is 1. The molecular formula is C29H33N7O2. The van der Waals surface area contributed by atoms with E-state index in [0.29, 0.717) is 24.1 Å². The summed E-state index contributed by atoms with van der Waals surface area (Å²) in [7, 11) is 3.90. The highest BCUT2D eigenvalue weighted by Crippen LogP contribution is 2.29. The Balaban J connectivity index is 1.16. The van der Waals surface area contributed by atoms with Crippen molar-refractivity contribution in [3.8, 4) is 17.1 Å². The van der Waals surface area contributed by atoms with Crippen molar-refractivity contribution in [3.05, 3.63) is 73.2 Å². The molecule has 1 aromatic carbocycles. The Labute approximate surface area is 222 Å². The van der Waals surface area contributed by atoms with E-state index in [1.54, 1.807) is 18.5 Å². The Morgan fingerprint density at radius 1 is 1.16 bits per heavy atom. The van der Waals surface area contributed by atoms with Crippen LogP contribution in [0, 0.1) is 0 Å². The molecule has 3 N–H and O–H groups in total. The first kappa shape index (κ1) is 25.4. The van der Waals surface area contributed by atoms with Crippen LogP contribution in [-0.2, 0) is 4.79 Å². The lowest BCUT2D eigenvalue weighted by Gasteiger charge is -2.29. The molecule has 0 aliphatic heterocycles. The summed E-state index contributed by atoms with van der Waals surface area (Å²) in [5.41, 5.74) is 3.66. The first-order valence-corrected chi connectivity index (χ1v) is 12.9. The van der Waals surface area contributed by atoms with Crippen molar-refractivity contribution in [3.63, 3.8) is 0 Å². The number of hydrogen-bond acceptors (Lipinski definition) is 7. The van der Waals surface area contributed by atoms with Crippen LogP contribution < -0.4 is 15.4 Å². The molecule has 1 amide bonds. The largest absolute Gasteiger partial charge is 0.474 e. The maximum atomic E-state index is 12.0. The van der Waals surface area contributed by atoms with Crippen LogP contribution in [0.15, 0.2) is 73.2 Å². The highest BCUT2D eigenvalue weighted by atomic mass is 16.5. The van der Waals surface area contributed by atoms with Crippen molar-refractivity contribution in [2.75, 3.05) is 31.3 Å². The Bertz CT molecular complexity index is 1400. The number of ether oxygens (including phenoxy) is 1. The lowest BCUT2D eigenvalue weighted by Crippen LogP contribution is -2.33. The third kappa shape index (κ3) is 6.54. The van der Waals surface area contributed by atoms with E-state index in [1.807, 2.05) is 55.5 Å². The molecule has 2 unspecified atom stereocenters. The number of aromatic nitrogens is 4. The lowest BCUT2D eigenvalue weighted by molar-refractivity contribution is -0.111. The van der Waals surface area contributed by atoms with Gasteiger partial charge in [-0.1, -0.05) is 24.3 Å². The van der Waals surface area contributed by atoms with Gasteiger partial charge in [-0.2, -0.15) is 0 Å². The summed E-state index contributed by atoms with van der Waals surface area (Å²) < 4.78 is 6.18. The van der Waals surface area contributed by atoms with Crippen LogP contribution in [0.1, 0.15) is 25.7 Å². The van der Waals surface area contributed by atoms with Gasteiger partial charge >= 0.3 is 0 Å². The zero-order valence-electron chi connectivity index (χ0n) is 21.7. The molecule has 1 fully saturated rings. The monoisotopic (exact) mass is 511 g/mol. The van der Waals surface area contributed by atoms with Crippen LogP contribution in [0.4, 0.5) is 11.6 Å². The zero-order chi connectivity index (χ0) is 26.3. The van der Waals surface area contributed by atoms with Crippen LogP contribution in [0.25, 0.3) is 22.2 Å². The summed E-state index contributed by atoms with van der Waals surface area (Å²) in [6.45, 7) is 0.706. The number of H-pyrrole nitrogens is 1. The van der Waals surface area contributed by atoms with Crippen LogP contribution >= 0.6 is 0 Å². The van der Waals surface area contributed by atoms with Gasteiger partial charge in [0, 0.05) is 60.0 Å². The summed E-state index contributed by atoms with van der Waals surface area (Å²) in [6, 6.07) is 14.0. The summed E-state index contributed by atoms with van der Waals surface area (Å²) in [5.74, 6) is 0.991. The highest BCUT2D eigenvalue weighted by molar-refractivity contribution is 5.99. The van der Waals surface area contributed by atoms with Gasteiger partial charge in [-0.05, 0) is 51.6 Å². The Hall–Kier alpha value is -4.24. The molecule has 3 heterocycles. The number of nitrogens with one attached hydrogen (secondary N) is 3. The van der Waals surface area contributed by atoms with Crippen molar-refractivity contribution in [1.29, 1.82) is 0 Å². The minimum Gasteiger partial charge on any atom is -0.474 e. The summed E-state index contributed by atoms with van der Waals surface area (Å²) in [5, 5.41) is 7.47. The first-order chi connectivity index (χ1) is 18.5. The van der Waals surface area contributed by atoms with E-state index in [-0.39, 0.29) is 18.1 Å². The van der Waals surface area contributed by atoms with Crippen LogP contribution in [0.2, 0.25) is 0 Å². The average molecular weight is 512 g/mol. The van der Waals surface area contributed by atoms with Crippen LogP contribution in [0.5, 0.6) is 5.88 Å². The second-order valence-corrected chi connectivity index (χ2v) is 9.80. The SMILES string of the molecule is CN(C)C/C=C/C(=O)Nc1ccc(OC2CCCC(Nc3nccc(-c4c[nH]c5ccccc45)n3)C2)nc1. The number of pyridine rings is 1. The standard InChI is InChI=1S/C29H33N7O2/c1-36(2)16-6-11-27(37)33-21-12-13-28(32-18-21)38-22-8-5-7-20(17-22)34-29-30-15-14-26(35-29)24-19-31-25-10-4-3-9-23(24)25/h3-4,6,9-15,18-20,22,31H,5,7-8,16-17H2,1-2H3,(H,33,37)(H,30,34,35)/b11-6+. The maximum Gasteiger partial charge on any atom is 0.248 e. The van der Waals surface area contributed by atoms with E-state index >= 15 is 0 Å². The van der Waals surface area contributed by atoms with E-state index in [9.17, 15) is 4.79 Å². The molecule has 0 saturated heterocycles. The van der Waals surface area contributed by atoms with E-state index < -0.39 is 0 Å². The predicted octanol–water partition coefficient (Wildman–Crippen LogP) is 4.88. The van der Waals surface area contributed by atoms with Gasteiger partial charge in [0.1, 0.15) is 6.10 Å². The molecule has 38 heavy (non-hydrogen) atoms. The Kier molecular flexibility index (Phi) is 7.94. The highest BCUT2D eigenvalue weighted by Gasteiger charge is 2.24. The molecule has 9 nitrogen and oxygen atoms in total. The third-order valence-corrected chi connectivity index (χ3v) is 6.51.